The van der Waals surface area contributed by atoms with Crippen molar-refractivity contribution >= 4 is 0 Å². The molecular weight excluding hydrogens is 210 g/mol. The highest BCUT2D eigenvalue weighted by Crippen LogP contribution is 2.46. The van der Waals surface area contributed by atoms with E-state index in [4.69, 9.17) is 0 Å². The molecule has 100 valence electrons. The molecule has 0 aliphatic carbocycles. The van der Waals surface area contributed by atoms with Crippen LogP contribution < -0.4 is 0 Å². The van der Waals surface area contributed by atoms with Gasteiger partial charge in [-0.15, -0.1) is 0 Å². The first-order valence-corrected chi connectivity index (χ1v) is 6.73. The molecule has 0 aromatic rings. The molecule has 2 aliphatic heterocycles. The van der Waals surface area contributed by atoms with E-state index in [0.29, 0.717) is 5.54 Å². The van der Waals surface area contributed by atoms with Crippen LogP contribution in [-0.2, 0) is 0 Å². The van der Waals surface area contributed by atoms with Crippen LogP contribution in [0.1, 0.15) is 40.5 Å². The molecule has 0 saturated carbocycles. The topological polar surface area (TPSA) is 9.72 Å². The molecule has 2 aliphatic rings. The van der Waals surface area contributed by atoms with Crippen molar-refractivity contribution in [2.45, 2.75) is 57.2 Å². The van der Waals surface area contributed by atoms with Gasteiger partial charge in [-0.05, 0) is 61.7 Å². The Bertz CT molecular complexity index is 291. The first kappa shape index (κ1) is 13.3. The van der Waals surface area contributed by atoms with Gasteiger partial charge >= 0.3 is 0 Å². The molecule has 0 bridgehead atoms. The van der Waals surface area contributed by atoms with Gasteiger partial charge in [0.2, 0.25) is 0 Å². The highest BCUT2D eigenvalue weighted by atomic mass is 15.4. The monoisotopic (exact) mass is 239 g/mol. The van der Waals surface area contributed by atoms with Gasteiger partial charge in [0.25, 0.3) is 0 Å². The van der Waals surface area contributed by atoms with E-state index in [2.05, 4.69) is 63.5 Å². The lowest BCUT2D eigenvalue weighted by molar-refractivity contribution is -0.0722. The Balaban J connectivity index is 2.33. The average molecular weight is 239 g/mol. The summed E-state index contributed by atoms with van der Waals surface area (Å²) in [5.41, 5.74) is 0.927. The summed E-state index contributed by atoms with van der Waals surface area (Å²) in [7, 11) is 6.82. The smallest absolute Gasteiger partial charge is 0.0507 e. The van der Waals surface area contributed by atoms with Crippen LogP contribution in [0.4, 0.5) is 0 Å². The average Bonchev–Trinajstić information content (AvgIpc) is 2.36. The minimum absolute atomic E-state index is 0.279. The first-order valence-electron chi connectivity index (χ1n) is 6.73. The third-order valence-electron chi connectivity index (χ3n) is 5.17. The Morgan fingerprint density at radius 1 is 0.824 bits per heavy atom. The lowest BCUT2D eigenvalue weighted by Gasteiger charge is -2.59. The summed E-state index contributed by atoms with van der Waals surface area (Å²) in [6, 6.07) is 0. The minimum atomic E-state index is 0.279. The Labute approximate surface area is 107 Å². The van der Waals surface area contributed by atoms with Crippen molar-refractivity contribution in [3.63, 3.8) is 0 Å². The van der Waals surface area contributed by atoms with Gasteiger partial charge in [0, 0.05) is 23.2 Å². The fourth-order valence-corrected chi connectivity index (χ4v) is 4.30. The van der Waals surface area contributed by atoms with E-state index in [1.165, 1.54) is 19.4 Å². The van der Waals surface area contributed by atoms with Crippen LogP contribution in [0.25, 0.3) is 0 Å². The van der Waals surface area contributed by atoms with Crippen LogP contribution in [0, 0.1) is 0 Å². The maximum absolute atomic E-state index is 2.57. The fourth-order valence-electron chi connectivity index (χ4n) is 4.30. The number of likely N-dealkylation sites (N-methyl/N-ethyl adjacent to an activating group) is 2. The molecule has 3 heteroatoms. The summed E-state index contributed by atoms with van der Waals surface area (Å²) in [5, 5.41) is 0. The Hall–Kier alpha value is -0.120. The molecule has 2 rings (SSSR count). The standard InChI is InChI=1S/C14H29N3/c1-12(2)8-14(9-13(3,4)17(12)7)10-15(5)11-16(14)6/h8-11H2,1-7H3. The summed E-state index contributed by atoms with van der Waals surface area (Å²) in [6.07, 6.45) is 2.53. The second-order valence-electron chi connectivity index (χ2n) is 7.62. The molecule has 0 amide bonds. The van der Waals surface area contributed by atoms with Crippen molar-refractivity contribution in [1.29, 1.82) is 0 Å². The second-order valence-corrected chi connectivity index (χ2v) is 7.62. The molecule has 3 nitrogen and oxygen atoms in total. The van der Waals surface area contributed by atoms with Crippen molar-refractivity contribution in [3.8, 4) is 0 Å². The lowest BCUT2D eigenvalue weighted by atomic mass is 9.69. The largest absolute Gasteiger partial charge is 0.296 e. The molecule has 0 aromatic carbocycles. The number of likely N-dealkylation sites (tertiary alicyclic amines) is 1. The summed E-state index contributed by atoms with van der Waals surface area (Å²) < 4.78 is 0. The van der Waals surface area contributed by atoms with Gasteiger partial charge in [-0.2, -0.15) is 0 Å². The summed E-state index contributed by atoms with van der Waals surface area (Å²) in [5.74, 6) is 0. The zero-order valence-electron chi connectivity index (χ0n) is 12.7. The zero-order chi connectivity index (χ0) is 13.1. The van der Waals surface area contributed by atoms with Crippen LogP contribution in [0.5, 0.6) is 0 Å². The van der Waals surface area contributed by atoms with E-state index >= 15 is 0 Å². The van der Waals surface area contributed by atoms with Gasteiger partial charge in [0.15, 0.2) is 0 Å². The highest BCUT2D eigenvalue weighted by Gasteiger charge is 2.54. The molecule has 17 heavy (non-hydrogen) atoms. The molecule has 2 heterocycles. The highest BCUT2D eigenvalue weighted by molar-refractivity contribution is 5.11. The summed E-state index contributed by atoms with van der Waals surface area (Å²) in [4.78, 5) is 7.60. The van der Waals surface area contributed by atoms with E-state index < -0.39 is 0 Å². The van der Waals surface area contributed by atoms with Crippen LogP contribution in [0.15, 0.2) is 0 Å². The molecule has 0 unspecified atom stereocenters. The number of rotatable bonds is 0. The molecule has 2 saturated heterocycles. The van der Waals surface area contributed by atoms with Gasteiger partial charge in [-0.3, -0.25) is 14.7 Å². The predicted molar refractivity (Wildman–Crippen MR) is 73.1 cm³/mol. The van der Waals surface area contributed by atoms with E-state index in [0.717, 1.165) is 6.67 Å². The summed E-state index contributed by atoms with van der Waals surface area (Å²) in [6.45, 7) is 11.9. The molecule has 2 fully saturated rings. The Kier molecular flexibility index (Phi) is 2.89. The maximum Gasteiger partial charge on any atom is 0.0507 e. The quantitative estimate of drug-likeness (QED) is 0.639. The van der Waals surface area contributed by atoms with Gasteiger partial charge in [-0.25, -0.2) is 0 Å². The predicted octanol–water partition coefficient (Wildman–Crippen LogP) is 1.84. The molecule has 0 radical (unpaired) electrons. The minimum Gasteiger partial charge on any atom is -0.296 e. The van der Waals surface area contributed by atoms with Crippen molar-refractivity contribution < 1.29 is 0 Å². The first-order chi connectivity index (χ1) is 7.59. The van der Waals surface area contributed by atoms with E-state index in [1.54, 1.807) is 0 Å². The third kappa shape index (κ3) is 2.02. The Morgan fingerprint density at radius 2 is 1.29 bits per heavy atom. The number of piperidine rings is 1. The number of hydrogen-bond acceptors (Lipinski definition) is 3. The molecular formula is C14H29N3. The Morgan fingerprint density at radius 3 is 1.65 bits per heavy atom. The maximum atomic E-state index is 2.57. The number of hydrogen-bond donors (Lipinski definition) is 0. The molecule has 0 aromatic heterocycles. The molecule has 1 spiro atoms. The SMILES string of the molecule is CN1CN(C)C2(C1)CC(C)(C)N(C)C(C)(C)C2. The summed E-state index contributed by atoms with van der Waals surface area (Å²) >= 11 is 0. The van der Waals surface area contributed by atoms with Gasteiger partial charge in [-0.1, -0.05) is 0 Å². The molecule has 0 atom stereocenters. The van der Waals surface area contributed by atoms with Crippen molar-refractivity contribution in [1.82, 2.24) is 14.7 Å². The van der Waals surface area contributed by atoms with Crippen LogP contribution >= 0.6 is 0 Å². The third-order valence-corrected chi connectivity index (χ3v) is 5.17. The fraction of sp³-hybridized carbons (Fsp3) is 1.00. The van der Waals surface area contributed by atoms with Crippen molar-refractivity contribution in [2.75, 3.05) is 34.4 Å². The van der Waals surface area contributed by atoms with Crippen LogP contribution in [0.3, 0.4) is 0 Å². The van der Waals surface area contributed by atoms with Gasteiger partial charge in [0.05, 0.1) is 6.67 Å². The normalized spacial score (nSPS) is 33.4. The van der Waals surface area contributed by atoms with Gasteiger partial charge in [0.1, 0.15) is 0 Å². The second kappa shape index (κ2) is 3.69. The van der Waals surface area contributed by atoms with E-state index in [-0.39, 0.29) is 11.1 Å². The molecule has 0 N–H and O–H groups in total. The van der Waals surface area contributed by atoms with Gasteiger partial charge < -0.3 is 0 Å². The number of nitrogens with zero attached hydrogens (tertiary/aromatic N) is 3. The lowest BCUT2D eigenvalue weighted by Crippen LogP contribution is -2.67. The van der Waals surface area contributed by atoms with Crippen LogP contribution in [-0.4, -0.2) is 65.7 Å². The van der Waals surface area contributed by atoms with Crippen molar-refractivity contribution in [3.05, 3.63) is 0 Å². The van der Waals surface area contributed by atoms with E-state index in [9.17, 15) is 0 Å². The van der Waals surface area contributed by atoms with E-state index in [1.807, 2.05) is 0 Å². The van der Waals surface area contributed by atoms with Crippen molar-refractivity contribution in [2.24, 2.45) is 0 Å². The zero-order valence-corrected chi connectivity index (χ0v) is 12.7. The van der Waals surface area contributed by atoms with Crippen LogP contribution in [0.2, 0.25) is 0 Å².